The van der Waals surface area contributed by atoms with Gasteiger partial charge in [0.1, 0.15) is 5.82 Å². The number of pyridine rings is 1. The van der Waals surface area contributed by atoms with Crippen LogP contribution in [0.4, 0.5) is 0 Å². The van der Waals surface area contributed by atoms with E-state index in [1.54, 1.807) is 0 Å². The van der Waals surface area contributed by atoms with Crippen molar-refractivity contribution >= 4 is 0 Å². The number of nitrogens with one attached hydrogen (secondary N) is 1. The normalized spacial score (nSPS) is 15.1. The molecule has 5 nitrogen and oxygen atoms in total. The standard InChI is InChI=1S/C17H22N4O/c1-11(2)16-19-15-10-21(8-6-13(15)17(22)20-16)9-14-12(3)5-4-7-18-14/h4-5,7,11H,6,8-10H2,1-3H3,(H,19,20,22). The summed E-state index contributed by atoms with van der Waals surface area (Å²) in [6.07, 6.45) is 2.59. The number of fused-ring (bicyclic) bond motifs is 1. The Bertz CT molecular complexity index is 736. The topological polar surface area (TPSA) is 61.9 Å². The molecule has 0 amide bonds. The summed E-state index contributed by atoms with van der Waals surface area (Å²) in [6.45, 7) is 8.56. The number of hydrogen-bond donors (Lipinski definition) is 1. The molecule has 116 valence electrons. The maximum atomic E-state index is 12.2. The molecule has 1 aliphatic rings. The summed E-state index contributed by atoms with van der Waals surface area (Å²) in [5, 5.41) is 0. The van der Waals surface area contributed by atoms with Crippen molar-refractivity contribution in [2.45, 2.75) is 46.2 Å². The maximum absolute atomic E-state index is 12.2. The quantitative estimate of drug-likeness (QED) is 0.943. The van der Waals surface area contributed by atoms with Gasteiger partial charge in [0, 0.05) is 37.3 Å². The minimum Gasteiger partial charge on any atom is -0.310 e. The molecule has 22 heavy (non-hydrogen) atoms. The number of hydrogen-bond acceptors (Lipinski definition) is 4. The van der Waals surface area contributed by atoms with Crippen LogP contribution in [0.5, 0.6) is 0 Å². The van der Waals surface area contributed by atoms with Crippen molar-refractivity contribution in [2.75, 3.05) is 6.54 Å². The third kappa shape index (κ3) is 2.95. The first-order valence-electron chi connectivity index (χ1n) is 7.79. The number of aryl methyl sites for hydroxylation is 1. The minimum absolute atomic E-state index is 0.0300. The molecule has 2 aromatic heterocycles. The molecule has 3 heterocycles. The Balaban J connectivity index is 1.84. The lowest BCUT2D eigenvalue weighted by Gasteiger charge is -2.28. The highest BCUT2D eigenvalue weighted by molar-refractivity contribution is 5.23. The van der Waals surface area contributed by atoms with E-state index in [1.165, 1.54) is 5.56 Å². The van der Waals surface area contributed by atoms with Crippen LogP contribution in [0.25, 0.3) is 0 Å². The van der Waals surface area contributed by atoms with E-state index in [1.807, 2.05) is 26.1 Å². The van der Waals surface area contributed by atoms with E-state index in [0.29, 0.717) is 0 Å². The monoisotopic (exact) mass is 298 g/mol. The molecule has 1 aliphatic heterocycles. The maximum Gasteiger partial charge on any atom is 0.254 e. The van der Waals surface area contributed by atoms with Crippen molar-refractivity contribution in [3.63, 3.8) is 0 Å². The van der Waals surface area contributed by atoms with E-state index in [-0.39, 0.29) is 11.5 Å². The van der Waals surface area contributed by atoms with Crippen LogP contribution in [-0.2, 0) is 19.5 Å². The van der Waals surface area contributed by atoms with Gasteiger partial charge in [-0.3, -0.25) is 14.7 Å². The predicted molar refractivity (Wildman–Crippen MR) is 85.7 cm³/mol. The third-order valence-corrected chi connectivity index (χ3v) is 4.21. The zero-order chi connectivity index (χ0) is 15.7. The molecule has 0 atom stereocenters. The lowest BCUT2D eigenvalue weighted by molar-refractivity contribution is 0.236. The van der Waals surface area contributed by atoms with Gasteiger partial charge in [0.05, 0.1) is 11.4 Å². The molecule has 0 fully saturated rings. The summed E-state index contributed by atoms with van der Waals surface area (Å²) in [5.74, 6) is 1.01. The molecule has 0 aliphatic carbocycles. The van der Waals surface area contributed by atoms with Crippen molar-refractivity contribution < 1.29 is 0 Å². The third-order valence-electron chi connectivity index (χ3n) is 4.21. The van der Waals surface area contributed by atoms with Gasteiger partial charge >= 0.3 is 0 Å². The first-order chi connectivity index (χ1) is 10.5. The van der Waals surface area contributed by atoms with Crippen LogP contribution in [0.2, 0.25) is 0 Å². The summed E-state index contributed by atoms with van der Waals surface area (Å²) >= 11 is 0. The molecule has 0 saturated heterocycles. The Kier molecular flexibility index (Phi) is 4.07. The molecule has 0 radical (unpaired) electrons. The molecule has 0 aromatic carbocycles. The highest BCUT2D eigenvalue weighted by atomic mass is 16.1. The summed E-state index contributed by atoms with van der Waals surface area (Å²) in [4.78, 5) is 26.5. The number of rotatable bonds is 3. The molecule has 1 N–H and O–H groups in total. The van der Waals surface area contributed by atoms with Crippen LogP contribution < -0.4 is 5.56 Å². The van der Waals surface area contributed by atoms with Gasteiger partial charge in [-0.2, -0.15) is 0 Å². The zero-order valence-corrected chi connectivity index (χ0v) is 13.4. The summed E-state index contributed by atoms with van der Waals surface area (Å²) in [6, 6.07) is 4.04. The van der Waals surface area contributed by atoms with Crippen molar-refractivity contribution in [2.24, 2.45) is 0 Å². The SMILES string of the molecule is Cc1cccnc1CN1CCc2c(nc(C(C)C)[nH]c2=O)C1. The highest BCUT2D eigenvalue weighted by Gasteiger charge is 2.22. The van der Waals surface area contributed by atoms with Crippen LogP contribution in [-0.4, -0.2) is 26.4 Å². The first kappa shape index (κ1) is 14.9. The minimum atomic E-state index is 0.0300. The number of aromatic amines is 1. The molecular formula is C17H22N4O. The van der Waals surface area contributed by atoms with Gasteiger partial charge in [-0.05, 0) is 25.0 Å². The highest BCUT2D eigenvalue weighted by Crippen LogP contribution is 2.18. The fourth-order valence-electron chi connectivity index (χ4n) is 2.82. The Morgan fingerprint density at radius 3 is 2.95 bits per heavy atom. The molecule has 0 saturated carbocycles. The van der Waals surface area contributed by atoms with E-state index in [4.69, 9.17) is 0 Å². The lowest BCUT2D eigenvalue weighted by Crippen LogP contribution is -2.35. The van der Waals surface area contributed by atoms with Crippen LogP contribution in [0, 0.1) is 6.92 Å². The number of aromatic nitrogens is 3. The van der Waals surface area contributed by atoms with Crippen molar-refractivity contribution in [3.05, 3.63) is 57.0 Å². The smallest absolute Gasteiger partial charge is 0.254 e. The fourth-order valence-corrected chi connectivity index (χ4v) is 2.82. The van der Waals surface area contributed by atoms with Gasteiger partial charge in [0.2, 0.25) is 0 Å². The van der Waals surface area contributed by atoms with Crippen LogP contribution in [0.1, 0.15) is 48.1 Å². The van der Waals surface area contributed by atoms with Crippen molar-refractivity contribution in [3.8, 4) is 0 Å². The molecule has 0 bridgehead atoms. The second kappa shape index (κ2) is 6.01. The second-order valence-electron chi connectivity index (χ2n) is 6.26. The average molecular weight is 298 g/mol. The predicted octanol–water partition coefficient (Wildman–Crippen LogP) is 2.16. The molecular weight excluding hydrogens is 276 g/mol. The van der Waals surface area contributed by atoms with E-state index >= 15 is 0 Å². The zero-order valence-electron chi connectivity index (χ0n) is 13.4. The van der Waals surface area contributed by atoms with Crippen LogP contribution in [0.15, 0.2) is 23.1 Å². The molecule has 5 heteroatoms. The molecule has 0 spiro atoms. The van der Waals surface area contributed by atoms with Gasteiger partial charge in [-0.1, -0.05) is 19.9 Å². The van der Waals surface area contributed by atoms with E-state index in [9.17, 15) is 4.79 Å². The summed E-state index contributed by atoms with van der Waals surface area (Å²) in [5.41, 5.74) is 4.10. The van der Waals surface area contributed by atoms with Gasteiger partial charge in [-0.25, -0.2) is 4.98 Å². The Hall–Kier alpha value is -2.01. The lowest BCUT2D eigenvalue weighted by atomic mass is 10.0. The largest absolute Gasteiger partial charge is 0.310 e. The van der Waals surface area contributed by atoms with E-state index in [0.717, 1.165) is 48.8 Å². The molecule has 3 rings (SSSR count). The first-order valence-corrected chi connectivity index (χ1v) is 7.79. The Labute approximate surface area is 130 Å². The van der Waals surface area contributed by atoms with Gasteiger partial charge < -0.3 is 4.98 Å². The Morgan fingerprint density at radius 1 is 1.41 bits per heavy atom. The van der Waals surface area contributed by atoms with Crippen LogP contribution in [0.3, 0.4) is 0 Å². The molecule has 0 unspecified atom stereocenters. The summed E-state index contributed by atoms with van der Waals surface area (Å²) < 4.78 is 0. The van der Waals surface area contributed by atoms with Gasteiger partial charge in [0.25, 0.3) is 5.56 Å². The summed E-state index contributed by atoms with van der Waals surface area (Å²) in [7, 11) is 0. The number of nitrogens with zero attached hydrogens (tertiary/aromatic N) is 3. The Morgan fingerprint density at radius 2 is 2.23 bits per heavy atom. The van der Waals surface area contributed by atoms with Crippen molar-refractivity contribution in [1.82, 2.24) is 19.9 Å². The fraction of sp³-hybridized carbons (Fsp3) is 0.471. The average Bonchev–Trinajstić information content (AvgIpc) is 2.49. The van der Waals surface area contributed by atoms with E-state index < -0.39 is 0 Å². The van der Waals surface area contributed by atoms with Gasteiger partial charge in [-0.15, -0.1) is 0 Å². The van der Waals surface area contributed by atoms with Crippen molar-refractivity contribution in [1.29, 1.82) is 0 Å². The van der Waals surface area contributed by atoms with E-state index in [2.05, 4.69) is 32.8 Å². The second-order valence-corrected chi connectivity index (χ2v) is 6.26. The molecule has 2 aromatic rings. The van der Waals surface area contributed by atoms with Crippen LogP contribution >= 0.6 is 0 Å². The number of H-pyrrole nitrogens is 1. The van der Waals surface area contributed by atoms with Gasteiger partial charge in [0.15, 0.2) is 0 Å².